The molecule has 2 heterocycles. The van der Waals surface area contributed by atoms with Gasteiger partial charge in [-0.2, -0.15) is 13.2 Å². The van der Waals surface area contributed by atoms with Gasteiger partial charge in [0.1, 0.15) is 11.4 Å². The van der Waals surface area contributed by atoms with Crippen molar-refractivity contribution in [3.63, 3.8) is 0 Å². The van der Waals surface area contributed by atoms with Crippen LogP contribution in [0.15, 0.2) is 36.5 Å². The summed E-state index contributed by atoms with van der Waals surface area (Å²) in [5, 5.41) is 22.0. The summed E-state index contributed by atoms with van der Waals surface area (Å²) in [5.41, 5.74) is 0.223. The number of fused-ring (bicyclic) bond motifs is 1. The number of nitrogens with zero attached hydrogens (tertiary/aromatic N) is 3. The van der Waals surface area contributed by atoms with E-state index in [1.165, 1.54) is 6.07 Å². The van der Waals surface area contributed by atoms with Crippen LogP contribution in [0.2, 0.25) is 0 Å². The van der Waals surface area contributed by atoms with Gasteiger partial charge in [0.25, 0.3) is 0 Å². The fourth-order valence-corrected chi connectivity index (χ4v) is 3.83. The molecule has 29 heavy (non-hydrogen) atoms. The quantitative estimate of drug-likeness (QED) is 0.668. The van der Waals surface area contributed by atoms with Crippen molar-refractivity contribution in [2.45, 2.75) is 44.0 Å². The minimum Gasteiger partial charge on any atom is -0.507 e. The number of hydrogen-bond acceptors (Lipinski definition) is 5. The topological polar surface area (TPSA) is 71.7 Å². The second-order valence-corrected chi connectivity index (χ2v) is 7.23. The lowest BCUT2D eigenvalue weighted by atomic mass is 9.93. The summed E-state index contributed by atoms with van der Waals surface area (Å²) in [4.78, 5) is 0. The zero-order chi connectivity index (χ0) is 20.6. The number of anilines is 1. The number of benzene rings is 1. The monoisotopic (exact) mass is 406 g/mol. The Morgan fingerprint density at radius 1 is 1.21 bits per heavy atom. The molecule has 0 radical (unpaired) electrons. The van der Waals surface area contributed by atoms with Gasteiger partial charge in [-0.15, -0.1) is 10.2 Å². The molecule has 1 aliphatic rings. The Labute approximate surface area is 165 Å². The molecule has 2 aromatic heterocycles. The fraction of sp³-hybridized carbons (Fsp3) is 0.400. The first kappa shape index (κ1) is 19.5. The van der Waals surface area contributed by atoms with Crippen LogP contribution in [0.1, 0.15) is 31.2 Å². The summed E-state index contributed by atoms with van der Waals surface area (Å²) >= 11 is 0. The van der Waals surface area contributed by atoms with Crippen molar-refractivity contribution in [3.05, 3.63) is 42.1 Å². The van der Waals surface area contributed by atoms with Gasteiger partial charge < -0.3 is 15.2 Å². The Balaban J connectivity index is 1.67. The normalized spacial score (nSPS) is 20.1. The van der Waals surface area contributed by atoms with Gasteiger partial charge in [-0.1, -0.05) is 0 Å². The molecule has 154 valence electrons. The molecule has 0 bridgehead atoms. The number of ether oxygens (including phenoxy) is 1. The summed E-state index contributed by atoms with van der Waals surface area (Å²) in [6, 6.07) is 6.62. The standard InChI is InChI=1S/C20H21F3N4O2/c1-29-14-5-2-4-13(11-14)24-19-26-25-18(16-6-3-9-27(16)19)15-8-7-12(10-17(15)28)20(21,22)23/h3,6-10,13-14,28H,2,4-5,11H2,1H3,(H,24,26)/t13-,14+/m1/s1. The van der Waals surface area contributed by atoms with Crippen molar-refractivity contribution in [3.8, 4) is 17.0 Å². The van der Waals surface area contributed by atoms with E-state index in [9.17, 15) is 18.3 Å². The molecule has 2 atom stereocenters. The SMILES string of the molecule is CO[C@H]1CCC[C@@H](Nc2nnc(-c3ccc(C(F)(F)F)cc3O)c3cccn23)C1. The van der Waals surface area contributed by atoms with Crippen molar-refractivity contribution in [1.82, 2.24) is 14.6 Å². The summed E-state index contributed by atoms with van der Waals surface area (Å²) in [5.74, 6) is 0.0510. The fourth-order valence-electron chi connectivity index (χ4n) is 3.83. The van der Waals surface area contributed by atoms with Gasteiger partial charge in [-0.05, 0) is 56.0 Å². The van der Waals surface area contributed by atoms with E-state index < -0.39 is 17.5 Å². The van der Waals surface area contributed by atoms with Gasteiger partial charge >= 0.3 is 6.18 Å². The third-order valence-electron chi connectivity index (χ3n) is 5.34. The van der Waals surface area contributed by atoms with Gasteiger partial charge in [0.15, 0.2) is 0 Å². The van der Waals surface area contributed by atoms with Crippen LogP contribution in [0, 0.1) is 0 Å². The van der Waals surface area contributed by atoms with Gasteiger partial charge in [-0.25, -0.2) is 0 Å². The molecule has 0 amide bonds. The lowest BCUT2D eigenvalue weighted by Gasteiger charge is -2.29. The zero-order valence-electron chi connectivity index (χ0n) is 15.8. The average Bonchev–Trinajstić information content (AvgIpc) is 3.18. The van der Waals surface area contributed by atoms with Gasteiger partial charge in [0, 0.05) is 24.9 Å². The molecule has 0 aliphatic heterocycles. The Morgan fingerprint density at radius 2 is 2.03 bits per heavy atom. The lowest BCUT2D eigenvalue weighted by molar-refractivity contribution is -0.137. The van der Waals surface area contributed by atoms with Crippen LogP contribution in [0.3, 0.4) is 0 Å². The molecular formula is C20H21F3N4O2. The molecule has 1 aliphatic carbocycles. The van der Waals surface area contributed by atoms with E-state index in [1.54, 1.807) is 29.8 Å². The molecular weight excluding hydrogens is 385 g/mol. The highest BCUT2D eigenvalue weighted by molar-refractivity contribution is 5.81. The summed E-state index contributed by atoms with van der Waals surface area (Å²) < 4.78 is 45.9. The number of halogens is 3. The summed E-state index contributed by atoms with van der Waals surface area (Å²) in [7, 11) is 1.71. The Kier molecular flexibility index (Phi) is 5.08. The number of rotatable bonds is 4. The predicted molar refractivity (Wildman–Crippen MR) is 102 cm³/mol. The van der Waals surface area contributed by atoms with Crippen LogP contribution < -0.4 is 5.32 Å². The number of nitrogens with one attached hydrogen (secondary N) is 1. The van der Waals surface area contributed by atoms with Gasteiger partial charge in [0.2, 0.25) is 5.95 Å². The Hall–Kier alpha value is -2.81. The maximum atomic E-state index is 12.9. The minimum atomic E-state index is -4.53. The number of hydrogen-bond donors (Lipinski definition) is 2. The van der Waals surface area contributed by atoms with Crippen LogP contribution in [0.25, 0.3) is 16.8 Å². The van der Waals surface area contributed by atoms with E-state index in [-0.39, 0.29) is 17.7 Å². The molecule has 1 saturated carbocycles. The van der Waals surface area contributed by atoms with Gasteiger partial charge in [0.05, 0.1) is 17.2 Å². The first-order valence-corrected chi connectivity index (χ1v) is 9.40. The van der Waals surface area contributed by atoms with E-state index in [1.807, 2.05) is 0 Å². The summed E-state index contributed by atoms with van der Waals surface area (Å²) in [6.45, 7) is 0. The van der Waals surface area contributed by atoms with Crippen molar-refractivity contribution in [1.29, 1.82) is 0 Å². The third-order valence-corrected chi connectivity index (χ3v) is 5.34. The first-order chi connectivity index (χ1) is 13.9. The van der Waals surface area contributed by atoms with E-state index in [2.05, 4.69) is 15.5 Å². The van der Waals surface area contributed by atoms with Crippen LogP contribution >= 0.6 is 0 Å². The first-order valence-electron chi connectivity index (χ1n) is 9.40. The predicted octanol–water partition coefficient (Wildman–Crippen LogP) is 4.49. The highest BCUT2D eigenvalue weighted by atomic mass is 19.4. The number of alkyl halides is 3. The molecule has 2 N–H and O–H groups in total. The molecule has 6 nitrogen and oxygen atoms in total. The second kappa shape index (κ2) is 7.55. The van der Waals surface area contributed by atoms with Gasteiger partial charge in [-0.3, -0.25) is 4.40 Å². The Morgan fingerprint density at radius 3 is 2.76 bits per heavy atom. The maximum Gasteiger partial charge on any atom is 0.416 e. The molecule has 1 aromatic carbocycles. The second-order valence-electron chi connectivity index (χ2n) is 7.23. The largest absolute Gasteiger partial charge is 0.507 e. The molecule has 4 rings (SSSR count). The number of aromatic nitrogens is 3. The molecule has 0 unspecified atom stereocenters. The van der Waals surface area contributed by atoms with Crippen LogP contribution in [-0.2, 0) is 10.9 Å². The third kappa shape index (κ3) is 3.87. The van der Waals surface area contributed by atoms with E-state index in [4.69, 9.17) is 4.74 Å². The van der Waals surface area contributed by atoms with E-state index in [0.717, 1.165) is 31.7 Å². The molecule has 1 fully saturated rings. The number of methoxy groups -OCH3 is 1. The minimum absolute atomic E-state index is 0.192. The molecule has 0 saturated heterocycles. The zero-order valence-corrected chi connectivity index (χ0v) is 15.8. The molecule has 9 heteroatoms. The maximum absolute atomic E-state index is 12.9. The molecule has 3 aromatic rings. The molecule has 0 spiro atoms. The van der Waals surface area contributed by atoms with Crippen molar-refractivity contribution < 1.29 is 23.0 Å². The van der Waals surface area contributed by atoms with E-state index in [0.29, 0.717) is 23.2 Å². The average molecular weight is 406 g/mol. The Bertz CT molecular complexity index is 1020. The van der Waals surface area contributed by atoms with E-state index >= 15 is 0 Å². The smallest absolute Gasteiger partial charge is 0.416 e. The summed E-state index contributed by atoms with van der Waals surface area (Å²) in [6.07, 6.45) is 1.42. The number of aromatic hydroxyl groups is 1. The number of phenolic OH excluding ortho intramolecular Hbond substituents is 1. The van der Waals surface area contributed by atoms with Crippen molar-refractivity contribution in [2.24, 2.45) is 0 Å². The van der Waals surface area contributed by atoms with Crippen molar-refractivity contribution in [2.75, 3.05) is 12.4 Å². The number of phenols is 1. The van der Waals surface area contributed by atoms with Crippen LogP contribution in [0.4, 0.5) is 19.1 Å². The van der Waals surface area contributed by atoms with Crippen LogP contribution in [0.5, 0.6) is 5.75 Å². The highest BCUT2D eigenvalue weighted by Crippen LogP contribution is 2.37. The lowest BCUT2D eigenvalue weighted by Crippen LogP contribution is -2.32. The van der Waals surface area contributed by atoms with Crippen molar-refractivity contribution >= 4 is 11.5 Å². The highest BCUT2D eigenvalue weighted by Gasteiger charge is 2.31. The van der Waals surface area contributed by atoms with Crippen LogP contribution in [-0.4, -0.2) is 39.0 Å².